The first-order valence-electron chi connectivity index (χ1n) is 4.79. The third kappa shape index (κ3) is 2.17. The summed E-state index contributed by atoms with van der Waals surface area (Å²) in [4.78, 5) is 8.00. The monoisotopic (exact) mass is 214 g/mol. The van der Waals surface area contributed by atoms with Crippen molar-refractivity contribution in [3.63, 3.8) is 0 Å². The second kappa shape index (κ2) is 4.45. The molecule has 0 bridgehead atoms. The molecule has 0 saturated carbocycles. The van der Waals surface area contributed by atoms with Crippen molar-refractivity contribution in [1.82, 2.24) is 9.97 Å². The molecule has 0 aliphatic heterocycles. The number of rotatable bonds is 3. The van der Waals surface area contributed by atoms with E-state index in [0.29, 0.717) is 23.7 Å². The molecule has 1 N–H and O–H groups in total. The number of hydrogen-bond donors (Lipinski definition) is 1. The number of aromatic nitrogens is 2. The Hall–Kier alpha value is -2.35. The van der Waals surface area contributed by atoms with Crippen LogP contribution in [0.3, 0.4) is 0 Å². The zero-order valence-electron chi connectivity index (χ0n) is 8.77. The van der Waals surface area contributed by atoms with Crippen LogP contribution >= 0.6 is 0 Å². The van der Waals surface area contributed by atoms with E-state index >= 15 is 0 Å². The highest BCUT2D eigenvalue weighted by molar-refractivity contribution is 5.55. The standard InChI is InChI=1S/C11H10N4O/c1-8-5-15-11(16-8)7-14-10-6-13-3-2-9(10)4-12/h2-3,5-6,14H,7H2,1H3. The maximum Gasteiger partial charge on any atom is 0.213 e. The smallest absolute Gasteiger partial charge is 0.213 e. The Labute approximate surface area is 92.8 Å². The lowest BCUT2D eigenvalue weighted by atomic mass is 10.2. The molecule has 80 valence electrons. The van der Waals surface area contributed by atoms with Gasteiger partial charge in [0.1, 0.15) is 11.8 Å². The molecule has 0 fully saturated rings. The minimum Gasteiger partial charge on any atom is -0.444 e. The Morgan fingerprint density at radius 2 is 2.38 bits per heavy atom. The molecule has 0 spiro atoms. The van der Waals surface area contributed by atoms with Crippen LogP contribution in [0.2, 0.25) is 0 Å². The van der Waals surface area contributed by atoms with Crippen LogP contribution in [0.25, 0.3) is 0 Å². The van der Waals surface area contributed by atoms with Crippen LogP contribution in [0, 0.1) is 18.3 Å². The van der Waals surface area contributed by atoms with E-state index in [9.17, 15) is 0 Å². The predicted molar refractivity (Wildman–Crippen MR) is 57.5 cm³/mol. The summed E-state index contributed by atoms with van der Waals surface area (Å²) in [5.74, 6) is 1.36. The SMILES string of the molecule is Cc1cnc(CNc2cnccc2C#N)o1. The average molecular weight is 214 g/mol. The summed E-state index contributed by atoms with van der Waals surface area (Å²) in [5, 5.41) is 11.9. The first-order chi connectivity index (χ1) is 7.79. The minimum atomic E-state index is 0.439. The number of pyridine rings is 1. The summed E-state index contributed by atoms with van der Waals surface area (Å²) in [5.41, 5.74) is 1.24. The van der Waals surface area contributed by atoms with Gasteiger partial charge < -0.3 is 9.73 Å². The second-order valence-corrected chi connectivity index (χ2v) is 3.25. The highest BCUT2D eigenvalue weighted by atomic mass is 16.4. The van der Waals surface area contributed by atoms with Gasteiger partial charge in [0.25, 0.3) is 0 Å². The number of nitrogens with zero attached hydrogens (tertiary/aromatic N) is 3. The normalized spacial score (nSPS) is 9.75. The van der Waals surface area contributed by atoms with Crippen molar-refractivity contribution >= 4 is 5.69 Å². The topological polar surface area (TPSA) is 74.7 Å². The van der Waals surface area contributed by atoms with Crippen molar-refractivity contribution in [2.75, 3.05) is 5.32 Å². The number of aryl methyl sites for hydroxylation is 1. The van der Waals surface area contributed by atoms with Crippen LogP contribution in [0.15, 0.2) is 29.1 Å². The van der Waals surface area contributed by atoms with E-state index in [2.05, 4.69) is 21.4 Å². The zero-order valence-corrected chi connectivity index (χ0v) is 8.77. The van der Waals surface area contributed by atoms with Crippen LogP contribution in [0.4, 0.5) is 5.69 Å². The highest BCUT2D eigenvalue weighted by Crippen LogP contribution is 2.13. The van der Waals surface area contributed by atoms with Gasteiger partial charge >= 0.3 is 0 Å². The molecule has 0 saturated heterocycles. The summed E-state index contributed by atoms with van der Waals surface area (Å²) in [6.07, 6.45) is 4.85. The number of oxazole rings is 1. The van der Waals surface area contributed by atoms with Crippen molar-refractivity contribution in [3.8, 4) is 6.07 Å². The first kappa shape index (κ1) is 10.2. The Morgan fingerprint density at radius 1 is 1.50 bits per heavy atom. The minimum absolute atomic E-state index is 0.439. The van der Waals surface area contributed by atoms with Gasteiger partial charge in [-0.3, -0.25) is 4.98 Å². The maximum absolute atomic E-state index is 8.86. The molecule has 2 heterocycles. The Bertz CT molecular complexity index is 527. The third-order valence-corrected chi connectivity index (χ3v) is 2.04. The fourth-order valence-corrected chi connectivity index (χ4v) is 1.29. The van der Waals surface area contributed by atoms with E-state index in [1.807, 2.05) is 6.92 Å². The van der Waals surface area contributed by atoms with Gasteiger partial charge in [-0.25, -0.2) is 4.98 Å². The molecule has 0 aliphatic rings. The molecule has 2 rings (SSSR count). The summed E-state index contributed by atoms with van der Waals surface area (Å²) < 4.78 is 5.30. The van der Waals surface area contributed by atoms with E-state index in [0.717, 1.165) is 5.76 Å². The fraction of sp³-hybridized carbons (Fsp3) is 0.182. The molecular weight excluding hydrogens is 204 g/mol. The summed E-state index contributed by atoms with van der Waals surface area (Å²) in [6, 6.07) is 3.74. The zero-order chi connectivity index (χ0) is 11.4. The van der Waals surface area contributed by atoms with Gasteiger partial charge in [0.15, 0.2) is 0 Å². The largest absolute Gasteiger partial charge is 0.444 e. The number of anilines is 1. The number of hydrogen-bond acceptors (Lipinski definition) is 5. The van der Waals surface area contributed by atoms with Crippen LogP contribution in [-0.2, 0) is 6.54 Å². The lowest BCUT2D eigenvalue weighted by Crippen LogP contribution is -2.01. The van der Waals surface area contributed by atoms with E-state index in [-0.39, 0.29) is 0 Å². The molecule has 0 radical (unpaired) electrons. The molecule has 0 atom stereocenters. The molecule has 2 aromatic rings. The van der Waals surface area contributed by atoms with Crippen LogP contribution in [-0.4, -0.2) is 9.97 Å². The van der Waals surface area contributed by atoms with Gasteiger partial charge in [0.2, 0.25) is 5.89 Å². The molecule has 5 heteroatoms. The van der Waals surface area contributed by atoms with Gasteiger partial charge in [-0.1, -0.05) is 0 Å². The van der Waals surface area contributed by atoms with Crippen LogP contribution < -0.4 is 5.32 Å². The molecular formula is C11H10N4O. The van der Waals surface area contributed by atoms with E-state index < -0.39 is 0 Å². The molecule has 0 aromatic carbocycles. The second-order valence-electron chi connectivity index (χ2n) is 3.25. The van der Waals surface area contributed by atoms with Crippen molar-refractivity contribution in [3.05, 3.63) is 41.9 Å². The number of nitriles is 1. The van der Waals surface area contributed by atoms with Gasteiger partial charge in [-0.2, -0.15) is 5.26 Å². The van der Waals surface area contributed by atoms with Crippen LogP contribution in [0.1, 0.15) is 17.2 Å². The highest BCUT2D eigenvalue weighted by Gasteiger charge is 2.03. The van der Waals surface area contributed by atoms with E-state index in [1.54, 1.807) is 24.7 Å². The summed E-state index contributed by atoms with van der Waals surface area (Å²) >= 11 is 0. The lowest BCUT2D eigenvalue weighted by molar-refractivity contribution is 0.479. The van der Waals surface area contributed by atoms with Crippen molar-refractivity contribution in [1.29, 1.82) is 5.26 Å². The van der Waals surface area contributed by atoms with Crippen molar-refractivity contribution < 1.29 is 4.42 Å². The van der Waals surface area contributed by atoms with Gasteiger partial charge in [0, 0.05) is 6.20 Å². The molecule has 16 heavy (non-hydrogen) atoms. The predicted octanol–water partition coefficient (Wildman–Crippen LogP) is 1.86. The fourth-order valence-electron chi connectivity index (χ4n) is 1.29. The maximum atomic E-state index is 8.86. The van der Waals surface area contributed by atoms with Gasteiger partial charge in [0.05, 0.1) is 30.2 Å². The third-order valence-electron chi connectivity index (χ3n) is 2.04. The summed E-state index contributed by atoms with van der Waals surface area (Å²) in [6.45, 7) is 2.27. The first-order valence-corrected chi connectivity index (χ1v) is 4.79. The van der Waals surface area contributed by atoms with Crippen molar-refractivity contribution in [2.24, 2.45) is 0 Å². The molecule has 5 nitrogen and oxygen atoms in total. The molecule has 0 unspecified atom stereocenters. The Balaban J connectivity index is 2.08. The average Bonchev–Trinajstić information content (AvgIpc) is 2.73. The number of nitrogens with one attached hydrogen (secondary N) is 1. The van der Waals surface area contributed by atoms with Crippen LogP contribution in [0.5, 0.6) is 0 Å². The van der Waals surface area contributed by atoms with E-state index in [4.69, 9.17) is 9.68 Å². The Kier molecular flexibility index (Phi) is 2.83. The molecule has 2 aromatic heterocycles. The van der Waals surface area contributed by atoms with Gasteiger partial charge in [-0.15, -0.1) is 0 Å². The molecule has 0 aliphatic carbocycles. The van der Waals surface area contributed by atoms with Crippen molar-refractivity contribution in [2.45, 2.75) is 13.5 Å². The Morgan fingerprint density at radius 3 is 3.06 bits per heavy atom. The summed E-state index contributed by atoms with van der Waals surface area (Å²) in [7, 11) is 0. The lowest BCUT2D eigenvalue weighted by Gasteiger charge is -2.04. The quantitative estimate of drug-likeness (QED) is 0.844. The van der Waals surface area contributed by atoms with Gasteiger partial charge in [-0.05, 0) is 13.0 Å². The molecule has 0 amide bonds. The van der Waals surface area contributed by atoms with E-state index in [1.165, 1.54) is 0 Å².